The summed E-state index contributed by atoms with van der Waals surface area (Å²) in [6.45, 7) is 3.34. The molecular weight excluding hydrogens is 188 g/mol. The molecule has 2 aliphatic heterocycles. The summed E-state index contributed by atoms with van der Waals surface area (Å²) in [5, 5.41) is 0. The normalized spacial score (nSPS) is 37.9. The van der Waals surface area contributed by atoms with Crippen molar-refractivity contribution in [2.75, 3.05) is 18.9 Å². The van der Waals surface area contributed by atoms with Crippen LogP contribution in [0.5, 0.6) is 0 Å². The molecule has 0 aromatic rings. The van der Waals surface area contributed by atoms with E-state index in [1.807, 2.05) is 11.2 Å². The van der Waals surface area contributed by atoms with Crippen LogP contribution in [0.15, 0.2) is 0 Å². The highest BCUT2D eigenvalue weighted by Gasteiger charge is 2.42. The van der Waals surface area contributed by atoms with E-state index < -0.39 is 9.92 Å². The lowest BCUT2D eigenvalue weighted by atomic mass is 10.3. The van der Waals surface area contributed by atoms with Crippen molar-refractivity contribution >= 4 is 9.92 Å². The van der Waals surface area contributed by atoms with E-state index in [9.17, 15) is 4.21 Å². The van der Waals surface area contributed by atoms with Crippen molar-refractivity contribution in [1.29, 1.82) is 4.78 Å². The fourth-order valence-corrected chi connectivity index (χ4v) is 3.94. The maximum Gasteiger partial charge on any atom is 0.108 e. The topological polar surface area (TPSA) is 53.4 Å². The van der Waals surface area contributed by atoms with Crippen molar-refractivity contribution in [2.45, 2.75) is 31.9 Å². The van der Waals surface area contributed by atoms with Gasteiger partial charge in [-0.2, -0.15) is 0 Å². The Bertz CT molecular complexity index is 289. The number of fused-ring (bicyclic) bond motifs is 2. The van der Waals surface area contributed by atoms with E-state index in [4.69, 9.17) is 9.52 Å². The molecular formula is C8H16N2O2S. The van der Waals surface area contributed by atoms with Gasteiger partial charge in [-0.1, -0.05) is 6.92 Å². The zero-order chi connectivity index (χ0) is 9.47. The van der Waals surface area contributed by atoms with Crippen LogP contribution in [-0.2, 0) is 14.7 Å². The Hall–Kier alpha value is -0.130. The van der Waals surface area contributed by atoms with E-state index in [1.54, 1.807) is 0 Å². The Balaban J connectivity index is 2.10. The maximum absolute atomic E-state index is 11.9. The fraction of sp³-hybridized carbons (Fsp3) is 1.00. The lowest BCUT2D eigenvalue weighted by Crippen LogP contribution is -2.41. The Morgan fingerprint density at radius 1 is 1.69 bits per heavy atom. The van der Waals surface area contributed by atoms with Crippen LogP contribution >= 0.6 is 0 Å². The highest BCUT2D eigenvalue weighted by Crippen LogP contribution is 2.30. The highest BCUT2D eigenvalue weighted by atomic mass is 32.2. The average molecular weight is 204 g/mol. The third kappa shape index (κ3) is 1.60. The maximum atomic E-state index is 11.9. The molecule has 0 saturated carbocycles. The number of rotatable bonds is 3. The van der Waals surface area contributed by atoms with Gasteiger partial charge in [0.05, 0.1) is 12.7 Å². The summed E-state index contributed by atoms with van der Waals surface area (Å²) in [6.07, 6.45) is 2.03. The molecule has 13 heavy (non-hydrogen) atoms. The molecule has 0 amide bonds. The summed E-state index contributed by atoms with van der Waals surface area (Å²) in [5.41, 5.74) is 0. The molecule has 76 valence electrons. The monoisotopic (exact) mass is 204 g/mol. The van der Waals surface area contributed by atoms with Crippen LogP contribution in [0.3, 0.4) is 0 Å². The van der Waals surface area contributed by atoms with Gasteiger partial charge in [0.2, 0.25) is 0 Å². The van der Waals surface area contributed by atoms with E-state index in [1.165, 1.54) is 0 Å². The first-order valence-corrected chi connectivity index (χ1v) is 6.47. The summed E-state index contributed by atoms with van der Waals surface area (Å²) < 4.78 is 26.9. The van der Waals surface area contributed by atoms with Crippen LogP contribution in [0.2, 0.25) is 0 Å². The van der Waals surface area contributed by atoms with E-state index >= 15 is 0 Å². The van der Waals surface area contributed by atoms with Gasteiger partial charge in [0, 0.05) is 18.3 Å². The largest absolute Gasteiger partial charge is 0.375 e. The van der Waals surface area contributed by atoms with Gasteiger partial charge in [-0.05, 0) is 12.8 Å². The van der Waals surface area contributed by atoms with Crippen molar-refractivity contribution in [2.24, 2.45) is 0 Å². The van der Waals surface area contributed by atoms with Crippen molar-refractivity contribution in [1.82, 2.24) is 4.31 Å². The summed E-state index contributed by atoms with van der Waals surface area (Å²) in [5.74, 6) is 0.496. The molecule has 2 bridgehead atoms. The van der Waals surface area contributed by atoms with Gasteiger partial charge in [0.15, 0.2) is 0 Å². The second-order valence-electron chi connectivity index (χ2n) is 3.79. The summed E-state index contributed by atoms with van der Waals surface area (Å²) in [4.78, 5) is 0. The van der Waals surface area contributed by atoms with Crippen LogP contribution < -0.4 is 0 Å². The summed E-state index contributed by atoms with van der Waals surface area (Å²) >= 11 is 0. The third-order valence-electron chi connectivity index (χ3n) is 2.71. The van der Waals surface area contributed by atoms with Crippen LogP contribution in [0.25, 0.3) is 0 Å². The van der Waals surface area contributed by atoms with Gasteiger partial charge in [-0.15, -0.1) is 0 Å². The lowest BCUT2D eigenvalue weighted by molar-refractivity contribution is 0.0619. The molecule has 0 spiro atoms. The standard InChI is InChI=1S/C8H16N2O2S/c1-2-3-13(9,11)10-5-8-4-7(10)6-12-8/h7-9H,2-6H2,1H3. The van der Waals surface area contributed by atoms with Crippen LogP contribution in [0.1, 0.15) is 19.8 Å². The van der Waals surface area contributed by atoms with Gasteiger partial charge < -0.3 is 4.74 Å². The van der Waals surface area contributed by atoms with Crippen LogP contribution in [0, 0.1) is 4.78 Å². The highest BCUT2D eigenvalue weighted by molar-refractivity contribution is 7.90. The molecule has 0 aliphatic carbocycles. The van der Waals surface area contributed by atoms with E-state index in [0.29, 0.717) is 18.9 Å². The van der Waals surface area contributed by atoms with Crippen molar-refractivity contribution in [3.8, 4) is 0 Å². The first-order valence-electron chi connectivity index (χ1n) is 4.78. The minimum absolute atomic E-state index is 0.244. The number of morpholine rings is 1. The predicted octanol–water partition coefficient (Wildman–Crippen LogP) is 0.831. The Morgan fingerprint density at radius 2 is 2.46 bits per heavy atom. The Morgan fingerprint density at radius 3 is 2.92 bits per heavy atom. The number of ether oxygens (including phenoxy) is 1. The second kappa shape index (κ2) is 3.22. The summed E-state index contributed by atoms with van der Waals surface area (Å²) in [7, 11) is -2.49. The molecule has 2 rings (SSSR count). The van der Waals surface area contributed by atoms with Gasteiger partial charge in [-0.25, -0.2) is 13.3 Å². The quantitative estimate of drug-likeness (QED) is 0.740. The zero-order valence-electron chi connectivity index (χ0n) is 7.86. The fourth-order valence-electron chi connectivity index (χ4n) is 2.12. The van der Waals surface area contributed by atoms with Crippen LogP contribution in [-0.4, -0.2) is 39.6 Å². The average Bonchev–Trinajstić information content (AvgIpc) is 2.63. The van der Waals surface area contributed by atoms with Crippen molar-refractivity contribution in [3.05, 3.63) is 0 Å². The van der Waals surface area contributed by atoms with E-state index in [-0.39, 0.29) is 12.1 Å². The third-order valence-corrected chi connectivity index (χ3v) is 4.88. The molecule has 3 atom stereocenters. The molecule has 0 radical (unpaired) electrons. The predicted molar refractivity (Wildman–Crippen MR) is 50.9 cm³/mol. The van der Waals surface area contributed by atoms with E-state index in [0.717, 1.165) is 12.8 Å². The van der Waals surface area contributed by atoms with Gasteiger partial charge in [0.25, 0.3) is 0 Å². The molecule has 5 heteroatoms. The zero-order valence-corrected chi connectivity index (χ0v) is 8.68. The molecule has 0 aromatic carbocycles. The van der Waals surface area contributed by atoms with Gasteiger partial charge >= 0.3 is 0 Å². The molecule has 0 aromatic heterocycles. The van der Waals surface area contributed by atoms with Gasteiger partial charge in [-0.3, -0.25) is 0 Å². The molecule has 4 nitrogen and oxygen atoms in total. The second-order valence-corrected chi connectivity index (χ2v) is 5.95. The Labute approximate surface area is 79.4 Å². The number of hydrogen-bond acceptors (Lipinski definition) is 3. The first kappa shape index (κ1) is 9.43. The molecule has 1 N–H and O–H groups in total. The Kier molecular flexibility index (Phi) is 2.33. The molecule has 3 unspecified atom stereocenters. The van der Waals surface area contributed by atoms with Gasteiger partial charge in [0.1, 0.15) is 9.92 Å². The lowest BCUT2D eigenvalue weighted by Gasteiger charge is -2.28. The van der Waals surface area contributed by atoms with Crippen molar-refractivity contribution < 1.29 is 8.95 Å². The summed E-state index contributed by atoms with van der Waals surface area (Å²) in [6, 6.07) is 0.251. The molecule has 2 fully saturated rings. The first-order chi connectivity index (χ1) is 6.13. The smallest absolute Gasteiger partial charge is 0.108 e. The minimum atomic E-state index is -2.49. The van der Waals surface area contributed by atoms with E-state index in [2.05, 4.69) is 0 Å². The number of nitrogens with zero attached hydrogens (tertiary/aromatic N) is 1. The SMILES string of the molecule is CCCS(=N)(=O)N1CC2CC1CO2. The number of hydrogen-bond donors (Lipinski definition) is 1. The van der Waals surface area contributed by atoms with Crippen molar-refractivity contribution in [3.63, 3.8) is 0 Å². The number of nitrogens with one attached hydrogen (secondary N) is 1. The molecule has 2 saturated heterocycles. The molecule has 2 heterocycles. The van der Waals surface area contributed by atoms with Crippen LogP contribution in [0.4, 0.5) is 0 Å². The minimum Gasteiger partial charge on any atom is -0.375 e. The molecule has 2 aliphatic rings.